The normalized spacial score (nSPS) is 15.2. The number of nitrogens with zero attached hydrogens (tertiary/aromatic N) is 1. The highest BCUT2D eigenvalue weighted by molar-refractivity contribution is 5.75. The number of nitrogens with two attached hydrogens (primary N) is 2. The summed E-state index contributed by atoms with van der Waals surface area (Å²) >= 11 is 0. The number of aliphatic hydroxyl groups excluding tert-OH is 1. The molecule has 0 aromatic carbocycles. The van der Waals surface area contributed by atoms with Gasteiger partial charge in [0.15, 0.2) is 5.96 Å². The number of guanidine groups is 1. The third-order valence-corrected chi connectivity index (χ3v) is 1.94. The van der Waals surface area contributed by atoms with Crippen LogP contribution < -0.4 is 11.5 Å². The molecule has 12 heavy (non-hydrogen) atoms. The second-order valence-electron chi connectivity index (χ2n) is 3.17. The van der Waals surface area contributed by atoms with Crippen LogP contribution in [0.15, 0.2) is 4.99 Å². The molecule has 0 radical (unpaired) electrons. The van der Waals surface area contributed by atoms with Crippen molar-refractivity contribution in [3.63, 3.8) is 0 Å². The zero-order chi connectivity index (χ0) is 9.56. The highest BCUT2D eigenvalue weighted by Crippen LogP contribution is 2.09. The van der Waals surface area contributed by atoms with Gasteiger partial charge in [-0.1, -0.05) is 6.92 Å². The highest BCUT2D eigenvalue weighted by Gasteiger charge is 2.06. The number of aliphatic imine (C=N–C) groups is 1. The van der Waals surface area contributed by atoms with Gasteiger partial charge >= 0.3 is 0 Å². The van der Waals surface area contributed by atoms with Gasteiger partial charge in [0.05, 0.1) is 6.10 Å². The lowest BCUT2D eigenvalue weighted by Crippen LogP contribution is -2.23. The van der Waals surface area contributed by atoms with Crippen LogP contribution in [0.2, 0.25) is 0 Å². The van der Waals surface area contributed by atoms with Gasteiger partial charge in [-0.2, -0.15) is 0 Å². The van der Waals surface area contributed by atoms with Crippen molar-refractivity contribution in [1.29, 1.82) is 0 Å². The Morgan fingerprint density at radius 1 is 1.42 bits per heavy atom. The lowest BCUT2D eigenvalue weighted by molar-refractivity contribution is 0.129. The molecule has 0 aliphatic rings. The highest BCUT2D eigenvalue weighted by atomic mass is 16.3. The smallest absolute Gasteiger partial charge is 0.185 e. The predicted molar refractivity (Wildman–Crippen MR) is 50.8 cm³/mol. The summed E-state index contributed by atoms with van der Waals surface area (Å²) in [5, 5.41) is 9.14. The molecule has 4 nitrogen and oxygen atoms in total. The number of aliphatic hydroxyl groups is 1. The van der Waals surface area contributed by atoms with E-state index in [-0.39, 0.29) is 12.1 Å². The van der Waals surface area contributed by atoms with Crippen LogP contribution >= 0.6 is 0 Å². The zero-order valence-electron chi connectivity index (χ0n) is 7.83. The van der Waals surface area contributed by atoms with E-state index in [2.05, 4.69) is 4.99 Å². The van der Waals surface area contributed by atoms with Crippen molar-refractivity contribution in [2.45, 2.75) is 32.8 Å². The third kappa shape index (κ3) is 5.97. The lowest BCUT2D eigenvalue weighted by atomic mass is 10.0. The Balaban J connectivity index is 3.38. The minimum Gasteiger partial charge on any atom is -0.393 e. The molecule has 72 valence electrons. The Bertz CT molecular complexity index is 141. The van der Waals surface area contributed by atoms with Crippen molar-refractivity contribution in [1.82, 2.24) is 0 Å². The second-order valence-corrected chi connectivity index (χ2v) is 3.17. The molecule has 4 heteroatoms. The van der Waals surface area contributed by atoms with Gasteiger partial charge in [-0.05, 0) is 25.7 Å². The Morgan fingerprint density at radius 2 is 2.00 bits per heavy atom. The molecule has 0 heterocycles. The quantitative estimate of drug-likeness (QED) is 0.312. The van der Waals surface area contributed by atoms with Crippen LogP contribution in [0.3, 0.4) is 0 Å². The molecule has 0 saturated heterocycles. The summed E-state index contributed by atoms with van der Waals surface area (Å²) in [4.78, 5) is 3.85. The van der Waals surface area contributed by atoms with Gasteiger partial charge in [-0.15, -0.1) is 0 Å². The maximum atomic E-state index is 9.14. The van der Waals surface area contributed by atoms with E-state index >= 15 is 0 Å². The molecule has 0 amide bonds. The molecule has 2 atom stereocenters. The van der Waals surface area contributed by atoms with Crippen LogP contribution in [0.4, 0.5) is 0 Å². The van der Waals surface area contributed by atoms with E-state index in [1.165, 1.54) is 0 Å². The summed E-state index contributed by atoms with van der Waals surface area (Å²) in [6.45, 7) is 4.46. The molecule has 2 unspecified atom stereocenters. The summed E-state index contributed by atoms with van der Waals surface area (Å²) in [5.41, 5.74) is 10.3. The van der Waals surface area contributed by atoms with Crippen LogP contribution in [0, 0.1) is 5.92 Å². The maximum absolute atomic E-state index is 9.14. The van der Waals surface area contributed by atoms with Crippen LogP contribution in [-0.2, 0) is 0 Å². The topological polar surface area (TPSA) is 84.6 Å². The number of hydrogen-bond acceptors (Lipinski definition) is 2. The average Bonchev–Trinajstić information content (AvgIpc) is 1.97. The first kappa shape index (κ1) is 11.2. The fourth-order valence-corrected chi connectivity index (χ4v) is 0.863. The first-order chi connectivity index (χ1) is 5.54. The van der Waals surface area contributed by atoms with Gasteiger partial charge < -0.3 is 16.6 Å². The summed E-state index contributed by atoms with van der Waals surface area (Å²) in [6.07, 6.45) is 1.63. The molecule has 0 aromatic rings. The van der Waals surface area contributed by atoms with E-state index in [1.54, 1.807) is 6.92 Å². The second kappa shape index (κ2) is 5.83. The van der Waals surface area contributed by atoms with Gasteiger partial charge in [0.1, 0.15) is 0 Å². The van der Waals surface area contributed by atoms with Crippen molar-refractivity contribution < 1.29 is 5.11 Å². The van der Waals surface area contributed by atoms with Crippen LogP contribution in [0.1, 0.15) is 26.7 Å². The molecule has 0 rings (SSSR count). The molecule has 0 bridgehead atoms. The summed E-state index contributed by atoms with van der Waals surface area (Å²) in [7, 11) is 0. The van der Waals surface area contributed by atoms with E-state index < -0.39 is 0 Å². The van der Waals surface area contributed by atoms with Crippen LogP contribution in [-0.4, -0.2) is 23.7 Å². The molecule has 0 fully saturated rings. The largest absolute Gasteiger partial charge is 0.393 e. The van der Waals surface area contributed by atoms with Crippen LogP contribution in [0.5, 0.6) is 0 Å². The first-order valence-corrected chi connectivity index (χ1v) is 4.27. The molecule has 0 aromatic heterocycles. The summed E-state index contributed by atoms with van der Waals surface area (Å²) in [5.74, 6) is 0.457. The van der Waals surface area contributed by atoms with E-state index in [0.717, 1.165) is 12.8 Å². The molecule has 5 N–H and O–H groups in total. The maximum Gasteiger partial charge on any atom is 0.185 e. The average molecular weight is 173 g/mol. The SMILES string of the molecule is CC(O)C(C)CCCN=C(N)N. The zero-order valence-corrected chi connectivity index (χ0v) is 7.83. The molecule has 0 spiro atoms. The fraction of sp³-hybridized carbons (Fsp3) is 0.875. The Morgan fingerprint density at radius 3 is 2.42 bits per heavy atom. The monoisotopic (exact) mass is 173 g/mol. The van der Waals surface area contributed by atoms with Crippen molar-refractivity contribution in [3.8, 4) is 0 Å². The van der Waals surface area contributed by atoms with Gasteiger partial charge in [-0.25, -0.2) is 0 Å². The summed E-state index contributed by atoms with van der Waals surface area (Å²) in [6, 6.07) is 0. The Kier molecular flexibility index (Phi) is 5.45. The van der Waals surface area contributed by atoms with Crippen LogP contribution in [0.25, 0.3) is 0 Å². The van der Waals surface area contributed by atoms with E-state index in [4.69, 9.17) is 16.6 Å². The molecule has 0 aliphatic carbocycles. The number of hydrogen-bond donors (Lipinski definition) is 3. The minimum atomic E-state index is -0.246. The molecular weight excluding hydrogens is 154 g/mol. The predicted octanol–water partition coefficient (Wildman–Crippen LogP) is 0.0569. The Labute approximate surface area is 73.7 Å². The van der Waals surface area contributed by atoms with Crippen molar-refractivity contribution in [2.75, 3.05) is 6.54 Å². The van der Waals surface area contributed by atoms with Gasteiger partial charge in [0, 0.05) is 6.54 Å². The molecule has 0 aliphatic heterocycles. The standard InChI is InChI=1S/C8H19N3O/c1-6(7(2)12)4-3-5-11-8(9)10/h6-7,12H,3-5H2,1-2H3,(H4,9,10,11). The lowest BCUT2D eigenvalue weighted by Gasteiger charge is -2.12. The molecule has 0 saturated carbocycles. The van der Waals surface area contributed by atoms with Gasteiger partial charge in [0.25, 0.3) is 0 Å². The minimum absolute atomic E-state index is 0.139. The van der Waals surface area contributed by atoms with Crippen molar-refractivity contribution >= 4 is 5.96 Å². The van der Waals surface area contributed by atoms with Gasteiger partial charge in [0.2, 0.25) is 0 Å². The molecular formula is C8H19N3O. The van der Waals surface area contributed by atoms with E-state index in [9.17, 15) is 0 Å². The summed E-state index contributed by atoms with van der Waals surface area (Å²) < 4.78 is 0. The van der Waals surface area contributed by atoms with Crippen molar-refractivity contribution in [3.05, 3.63) is 0 Å². The number of rotatable bonds is 5. The van der Waals surface area contributed by atoms with Gasteiger partial charge in [-0.3, -0.25) is 4.99 Å². The van der Waals surface area contributed by atoms with Crippen molar-refractivity contribution in [2.24, 2.45) is 22.4 Å². The fourth-order valence-electron chi connectivity index (χ4n) is 0.863. The first-order valence-electron chi connectivity index (χ1n) is 4.27. The van der Waals surface area contributed by atoms with E-state index in [1.807, 2.05) is 6.92 Å². The van der Waals surface area contributed by atoms with E-state index in [0.29, 0.717) is 12.5 Å². The Hall–Kier alpha value is -0.770. The third-order valence-electron chi connectivity index (χ3n) is 1.94.